The van der Waals surface area contributed by atoms with E-state index < -0.39 is 27.5 Å². The summed E-state index contributed by atoms with van der Waals surface area (Å²) in [7, 11) is 2.28. The van der Waals surface area contributed by atoms with Gasteiger partial charge in [0, 0.05) is 23.0 Å². The van der Waals surface area contributed by atoms with Crippen molar-refractivity contribution in [2.45, 2.75) is 5.33 Å². The number of carbonyl (C=O) groups excluding carboxylic acids is 3. The Bertz CT molecular complexity index is 992. The van der Waals surface area contributed by atoms with Gasteiger partial charge in [0.15, 0.2) is 6.29 Å². The highest BCUT2D eigenvalue weighted by Crippen LogP contribution is 2.25. The molecule has 2 aromatic rings. The highest BCUT2D eigenvalue weighted by molar-refractivity contribution is 9.08. The zero-order chi connectivity index (χ0) is 22.8. The van der Waals surface area contributed by atoms with E-state index in [0.29, 0.717) is 17.2 Å². The lowest BCUT2D eigenvalue weighted by Gasteiger charge is -2.05. The molecule has 2 aromatic carbocycles. The van der Waals surface area contributed by atoms with Crippen molar-refractivity contribution in [2.24, 2.45) is 0 Å². The van der Waals surface area contributed by atoms with Crippen molar-refractivity contribution in [3.63, 3.8) is 0 Å². The van der Waals surface area contributed by atoms with Gasteiger partial charge in [-0.05, 0) is 5.56 Å². The molecule has 0 amide bonds. The second-order valence-corrected chi connectivity index (χ2v) is 5.86. The van der Waals surface area contributed by atoms with Crippen molar-refractivity contribution in [1.29, 1.82) is 0 Å². The zero-order valence-corrected chi connectivity index (χ0v) is 17.3. The number of alkyl halides is 1. The van der Waals surface area contributed by atoms with Crippen LogP contribution >= 0.6 is 15.9 Å². The lowest BCUT2D eigenvalue weighted by atomic mass is 10.1. The second-order valence-electron chi connectivity index (χ2n) is 5.30. The van der Waals surface area contributed by atoms with Crippen molar-refractivity contribution in [3.05, 3.63) is 78.9 Å². The van der Waals surface area contributed by atoms with Gasteiger partial charge >= 0.3 is 11.9 Å². The van der Waals surface area contributed by atoms with E-state index in [1.807, 2.05) is 0 Å². The summed E-state index contributed by atoms with van der Waals surface area (Å²) in [6, 6.07) is 8.22. The lowest BCUT2D eigenvalue weighted by molar-refractivity contribution is -0.385. The highest BCUT2D eigenvalue weighted by Gasteiger charge is 2.24. The molecule has 0 aromatic heterocycles. The Labute approximate surface area is 178 Å². The Morgan fingerprint density at radius 1 is 0.933 bits per heavy atom. The first-order valence-corrected chi connectivity index (χ1v) is 9.07. The van der Waals surface area contributed by atoms with Gasteiger partial charge in [0.1, 0.15) is 11.1 Å². The van der Waals surface area contributed by atoms with Crippen LogP contribution in [0.3, 0.4) is 0 Å². The Balaban J connectivity index is 0.000000300. The van der Waals surface area contributed by atoms with Crippen molar-refractivity contribution in [1.82, 2.24) is 0 Å². The lowest BCUT2D eigenvalue weighted by Crippen LogP contribution is -2.09. The number of rotatable bonds is 6. The Morgan fingerprint density at radius 3 is 1.83 bits per heavy atom. The molecule has 0 saturated heterocycles. The van der Waals surface area contributed by atoms with E-state index in [4.69, 9.17) is 0 Å². The van der Waals surface area contributed by atoms with Crippen molar-refractivity contribution < 1.29 is 33.7 Å². The van der Waals surface area contributed by atoms with Crippen LogP contribution in [-0.4, -0.2) is 42.3 Å². The third-order valence-electron chi connectivity index (χ3n) is 3.65. The van der Waals surface area contributed by atoms with Gasteiger partial charge < -0.3 is 9.47 Å². The second kappa shape index (κ2) is 11.4. The summed E-state index contributed by atoms with van der Waals surface area (Å²) in [5.41, 5.74) is -0.515. The fourth-order valence-electron chi connectivity index (χ4n) is 2.32. The van der Waals surface area contributed by atoms with Crippen LogP contribution in [-0.2, 0) is 14.8 Å². The van der Waals surface area contributed by atoms with Crippen molar-refractivity contribution in [2.75, 3.05) is 14.2 Å². The molecule has 30 heavy (non-hydrogen) atoms. The van der Waals surface area contributed by atoms with Crippen LogP contribution in [0, 0.1) is 20.2 Å². The molecule has 158 valence electrons. The molecule has 0 spiro atoms. The third-order valence-corrected chi connectivity index (χ3v) is 4.25. The maximum Gasteiger partial charge on any atom is 0.345 e. The Hall–Kier alpha value is -3.67. The highest BCUT2D eigenvalue weighted by atomic mass is 79.9. The maximum absolute atomic E-state index is 11.4. The number of hydrogen-bond donors (Lipinski definition) is 0. The summed E-state index contributed by atoms with van der Waals surface area (Å²) in [5, 5.41) is 21.6. The Morgan fingerprint density at radius 2 is 1.40 bits per heavy atom. The zero-order valence-electron chi connectivity index (χ0n) is 15.7. The van der Waals surface area contributed by atoms with E-state index in [1.165, 1.54) is 31.4 Å². The summed E-state index contributed by atoms with van der Waals surface area (Å²) >= 11 is 3.16. The third kappa shape index (κ3) is 5.67. The van der Waals surface area contributed by atoms with Gasteiger partial charge in [-0.3, -0.25) is 25.0 Å². The van der Waals surface area contributed by atoms with Crippen molar-refractivity contribution in [3.8, 4) is 0 Å². The molecule has 11 nitrogen and oxygen atoms in total. The molecular formula is C18H15BrN2O9. The predicted octanol–water partition coefficient (Wildman–Crippen LogP) is 3.47. The minimum atomic E-state index is -0.899. The van der Waals surface area contributed by atoms with Gasteiger partial charge in [-0.25, -0.2) is 9.59 Å². The number of esters is 2. The number of nitrogens with zero attached hydrogens (tertiary/aromatic N) is 2. The molecule has 12 heteroatoms. The molecule has 0 atom stereocenters. The topological polar surface area (TPSA) is 156 Å². The first-order valence-electron chi connectivity index (χ1n) is 7.94. The quantitative estimate of drug-likeness (QED) is 0.197. The fourth-order valence-corrected chi connectivity index (χ4v) is 2.79. The SMILES string of the molecule is COC(=O)c1c(C=O)cccc1[N+](=O)[O-].COC(=O)c1c(CBr)cccc1[N+](=O)[O-]. The summed E-state index contributed by atoms with van der Waals surface area (Å²) in [4.78, 5) is 53.1. The first kappa shape index (κ1) is 24.4. The smallest absolute Gasteiger partial charge is 0.345 e. The van der Waals surface area contributed by atoms with Crippen LogP contribution in [0.25, 0.3) is 0 Å². The number of nitro benzene ring substituents is 2. The van der Waals surface area contributed by atoms with Gasteiger partial charge in [0.2, 0.25) is 0 Å². The van der Waals surface area contributed by atoms with Crippen LogP contribution in [0.4, 0.5) is 11.4 Å². The number of methoxy groups -OCH3 is 2. The van der Waals surface area contributed by atoms with E-state index in [1.54, 1.807) is 6.07 Å². The van der Waals surface area contributed by atoms with E-state index in [0.717, 1.165) is 13.2 Å². The average Bonchev–Trinajstić information content (AvgIpc) is 2.76. The first-order chi connectivity index (χ1) is 14.2. The van der Waals surface area contributed by atoms with Gasteiger partial charge in [-0.1, -0.05) is 40.2 Å². The van der Waals surface area contributed by atoms with E-state index >= 15 is 0 Å². The molecule has 2 rings (SSSR count). The number of hydrogen-bond acceptors (Lipinski definition) is 9. The van der Waals surface area contributed by atoms with E-state index in [9.17, 15) is 34.6 Å². The van der Waals surface area contributed by atoms with Crippen LogP contribution in [0.1, 0.15) is 36.6 Å². The van der Waals surface area contributed by atoms with Crippen LogP contribution in [0.2, 0.25) is 0 Å². The summed E-state index contributed by atoms with van der Waals surface area (Å²) in [6.45, 7) is 0. The number of ether oxygens (including phenoxy) is 2. The molecular weight excluding hydrogens is 468 g/mol. The minimum absolute atomic E-state index is 0.00174. The molecule has 0 aliphatic heterocycles. The molecule has 0 fully saturated rings. The maximum atomic E-state index is 11.4. The molecule has 0 bridgehead atoms. The average molecular weight is 483 g/mol. The van der Waals surface area contributed by atoms with Crippen molar-refractivity contribution >= 4 is 45.5 Å². The number of halogens is 1. The molecule has 0 unspecified atom stereocenters. The molecule has 0 N–H and O–H groups in total. The van der Waals surface area contributed by atoms with Gasteiger partial charge in [-0.15, -0.1) is 0 Å². The summed E-state index contributed by atoms with van der Waals surface area (Å²) in [6.07, 6.45) is 0.374. The monoisotopic (exact) mass is 482 g/mol. The molecule has 0 heterocycles. The van der Waals surface area contributed by atoms with Gasteiger partial charge in [0.25, 0.3) is 11.4 Å². The van der Waals surface area contributed by atoms with Crippen LogP contribution < -0.4 is 0 Å². The van der Waals surface area contributed by atoms with Gasteiger partial charge in [-0.2, -0.15) is 0 Å². The van der Waals surface area contributed by atoms with Crippen LogP contribution in [0.5, 0.6) is 0 Å². The number of carbonyl (C=O) groups is 3. The molecule has 0 saturated carbocycles. The standard InChI is InChI=1S/C9H8BrNO4.C9H7NO5/c1-15-9(12)8-6(5-10)3-2-4-7(8)11(13)14;1-15-9(12)8-6(5-11)3-2-4-7(8)10(13)14/h2-4H,5H2,1H3;2-5H,1H3. The largest absolute Gasteiger partial charge is 0.465 e. The van der Waals surface area contributed by atoms with E-state index in [-0.39, 0.29) is 22.4 Å². The molecule has 0 aliphatic rings. The molecule has 0 aliphatic carbocycles. The normalized spacial score (nSPS) is 9.57. The number of aldehydes is 1. The number of nitro groups is 2. The van der Waals surface area contributed by atoms with Crippen LogP contribution in [0.15, 0.2) is 36.4 Å². The molecule has 0 radical (unpaired) electrons. The Kier molecular flexibility index (Phi) is 9.23. The summed E-state index contributed by atoms with van der Waals surface area (Å²) in [5.74, 6) is -1.60. The van der Waals surface area contributed by atoms with E-state index in [2.05, 4.69) is 25.4 Å². The fraction of sp³-hybridized carbons (Fsp3) is 0.167. The predicted molar refractivity (Wildman–Crippen MR) is 107 cm³/mol. The van der Waals surface area contributed by atoms with Gasteiger partial charge in [0.05, 0.1) is 24.1 Å². The minimum Gasteiger partial charge on any atom is -0.465 e. The summed E-state index contributed by atoms with van der Waals surface area (Å²) < 4.78 is 8.87. The number of benzene rings is 2.